The first-order valence-electron chi connectivity index (χ1n) is 12.5. The molecule has 1 aliphatic carbocycles. The molecular weight excluding hydrogens is 388 g/mol. The quantitative estimate of drug-likeness (QED) is 0.252. The van der Waals surface area contributed by atoms with Gasteiger partial charge in [0.25, 0.3) is 0 Å². The molecule has 1 saturated carbocycles. The van der Waals surface area contributed by atoms with Gasteiger partial charge in [-0.25, -0.2) is 0 Å². The first kappa shape index (κ1) is 27.9. The lowest BCUT2D eigenvalue weighted by molar-refractivity contribution is -0.101. The molecule has 4 heteroatoms. The molecule has 178 valence electrons. The van der Waals surface area contributed by atoms with E-state index in [4.69, 9.17) is 9.16 Å². The summed E-state index contributed by atoms with van der Waals surface area (Å²) in [6.45, 7) is 29.3. The lowest BCUT2D eigenvalue weighted by Crippen LogP contribution is -2.55. The lowest BCUT2D eigenvalue weighted by atomic mass is 9.75. The molecule has 30 heavy (non-hydrogen) atoms. The van der Waals surface area contributed by atoms with Gasteiger partial charge in [0, 0.05) is 11.3 Å². The molecule has 3 nitrogen and oxygen atoms in total. The van der Waals surface area contributed by atoms with Gasteiger partial charge in [0.1, 0.15) is 0 Å². The van der Waals surface area contributed by atoms with Gasteiger partial charge in [0.05, 0.1) is 24.4 Å². The molecule has 0 saturated heterocycles. The third kappa shape index (κ3) is 5.42. The van der Waals surface area contributed by atoms with E-state index in [1.54, 1.807) is 0 Å². The van der Waals surface area contributed by atoms with Gasteiger partial charge >= 0.3 is 0 Å². The first-order chi connectivity index (χ1) is 13.8. The van der Waals surface area contributed by atoms with Crippen LogP contribution in [0.3, 0.4) is 0 Å². The van der Waals surface area contributed by atoms with Crippen molar-refractivity contribution in [2.24, 2.45) is 11.3 Å². The molecule has 1 aliphatic rings. The Kier molecular flexibility index (Phi) is 10.3. The Morgan fingerprint density at radius 3 is 1.80 bits per heavy atom. The third-order valence-corrected chi connectivity index (χ3v) is 14.2. The molecule has 0 aromatic carbocycles. The van der Waals surface area contributed by atoms with Gasteiger partial charge in [0.15, 0.2) is 0 Å². The summed E-state index contributed by atoms with van der Waals surface area (Å²) >= 11 is 0. The van der Waals surface area contributed by atoms with E-state index in [1.165, 1.54) is 5.57 Å². The average Bonchev–Trinajstić information content (AvgIpc) is 2.91. The fourth-order valence-electron chi connectivity index (χ4n) is 6.58. The van der Waals surface area contributed by atoms with Crippen LogP contribution in [0.1, 0.15) is 102 Å². The summed E-state index contributed by atoms with van der Waals surface area (Å²) in [5, 5.41) is 9.86. The maximum Gasteiger partial charge on any atom is 0.200 e. The van der Waals surface area contributed by atoms with Crippen LogP contribution < -0.4 is 0 Å². The normalized spacial score (nSPS) is 26.6. The van der Waals surface area contributed by atoms with E-state index in [-0.39, 0.29) is 29.8 Å². The predicted octanol–water partition coefficient (Wildman–Crippen LogP) is 7.49. The van der Waals surface area contributed by atoms with E-state index in [0.29, 0.717) is 29.0 Å². The topological polar surface area (TPSA) is 38.7 Å². The van der Waals surface area contributed by atoms with Crippen LogP contribution in [0.25, 0.3) is 0 Å². The number of aliphatic hydroxyl groups is 1. The molecule has 0 aromatic heterocycles. The minimum atomic E-state index is -2.03. The van der Waals surface area contributed by atoms with Gasteiger partial charge < -0.3 is 14.3 Å². The van der Waals surface area contributed by atoms with Crippen LogP contribution in [0, 0.1) is 11.3 Å². The summed E-state index contributed by atoms with van der Waals surface area (Å²) in [6.07, 6.45) is 3.74. The van der Waals surface area contributed by atoms with Crippen molar-refractivity contribution in [3.05, 3.63) is 12.2 Å². The van der Waals surface area contributed by atoms with Gasteiger partial charge in [-0.1, -0.05) is 67.5 Å². The van der Waals surface area contributed by atoms with Crippen LogP contribution in [0.5, 0.6) is 0 Å². The zero-order chi connectivity index (χ0) is 23.4. The molecule has 0 bridgehead atoms. The zero-order valence-corrected chi connectivity index (χ0v) is 22.9. The summed E-state index contributed by atoms with van der Waals surface area (Å²) in [7, 11) is -2.03. The maximum atomic E-state index is 9.86. The van der Waals surface area contributed by atoms with Crippen molar-refractivity contribution in [3.8, 4) is 0 Å². The van der Waals surface area contributed by atoms with E-state index >= 15 is 0 Å². The van der Waals surface area contributed by atoms with Crippen molar-refractivity contribution in [2.45, 2.75) is 143 Å². The monoisotopic (exact) mass is 440 g/mol. The van der Waals surface area contributed by atoms with Crippen molar-refractivity contribution in [2.75, 3.05) is 0 Å². The molecule has 0 spiro atoms. The van der Waals surface area contributed by atoms with Crippen molar-refractivity contribution in [1.82, 2.24) is 0 Å². The molecule has 0 aromatic rings. The van der Waals surface area contributed by atoms with E-state index in [2.05, 4.69) is 75.8 Å². The standard InChI is InChI=1S/C26H52O3Si/c1-13-26(14-2)24(28-22(12)15-21(11)27)16-23(17(3)4)25(26)29-30(18(5)6,19(7)8)20(9)10/h18-25,27H,3,13-16H2,1-2,4-12H3/t21-,22+,23+,24-,25+/m0/s1. The number of hydrogen-bond donors (Lipinski definition) is 1. The Balaban J connectivity index is 3.44. The number of rotatable bonds is 12. The van der Waals surface area contributed by atoms with Crippen LogP contribution >= 0.6 is 0 Å². The van der Waals surface area contributed by atoms with Crippen LogP contribution in [0.15, 0.2) is 12.2 Å². The highest BCUT2D eigenvalue weighted by Gasteiger charge is 2.58. The summed E-state index contributed by atoms with van der Waals surface area (Å²) in [4.78, 5) is 0. The van der Waals surface area contributed by atoms with Crippen LogP contribution in [-0.4, -0.2) is 37.8 Å². The Hall–Kier alpha value is -0.163. The number of aliphatic hydroxyl groups excluding tert-OH is 1. The zero-order valence-electron chi connectivity index (χ0n) is 21.9. The molecule has 0 radical (unpaired) electrons. The minimum Gasteiger partial charge on any atom is -0.412 e. The third-order valence-electron chi connectivity index (χ3n) is 8.10. The highest BCUT2D eigenvalue weighted by Crippen LogP contribution is 2.56. The highest BCUT2D eigenvalue weighted by molar-refractivity contribution is 6.77. The largest absolute Gasteiger partial charge is 0.412 e. The number of hydrogen-bond acceptors (Lipinski definition) is 3. The number of ether oxygens (including phenoxy) is 1. The summed E-state index contributed by atoms with van der Waals surface area (Å²) in [5.74, 6) is 0.330. The molecule has 0 amide bonds. The van der Waals surface area contributed by atoms with Crippen molar-refractivity contribution in [3.63, 3.8) is 0 Å². The maximum absolute atomic E-state index is 9.86. The molecule has 1 rings (SSSR count). The van der Waals surface area contributed by atoms with Crippen molar-refractivity contribution >= 4 is 8.32 Å². The van der Waals surface area contributed by atoms with Crippen LogP contribution in [0.2, 0.25) is 16.6 Å². The van der Waals surface area contributed by atoms with Gasteiger partial charge in [0.2, 0.25) is 8.32 Å². The average molecular weight is 441 g/mol. The van der Waals surface area contributed by atoms with Crippen LogP contribution in [0.4, 0.5) is 0 Å². The lowest BCUT2D eigenvalue weighted by Gasteiger charge is -2.50. The molecule has 0 heterocycles. The molecule has 1 N–H and O–H groups in total. The Labute approximate surface area is 189 Å². The van der Waals surface area contributed by atoms with Gasteiger partial charge in [-0.2, -0.15) is 0 Å². The second-order valence-electron chi connectivity index (χ2n) is 11.0. The molecule has 0 unspecified atom stereocenters. The highest BCUT2D eigenvalue weighted by atomic mass is 28.4. The predicted molar refractivity (Wildman–Crippen MR) is 132 cm³/mol. The van der Waals surface area contributed by atoms with E-state index in [9.17, 15) is 5.11 Å². The first-order valence-corrected chi connectivity index (χ1v) is 14.6. The minimum absolute atomic E-state index is 0.00646. The SMILES string of the molecule is C=C(C)[C@H]1C[C@H](O[C@H](C)C[C@H](C)O)C(CC)(CC)[C@@H]1O[Si](C(C)C)(C(C)C)C(C)C. The van der Waals surface area contributed by atoms with Crippen molar-refractivity contribution in [1.29, 1.82) is 0 Å². The Morgan fingerprint density at radius 1 is 1.00 bits per heavy atom. The van der Waals surface area contributed by atoms with Gasteiger partial charge in [-0.3, -0.25) is 0 Å². The molecular formula is C26H52O3Si. The van der Waals surface area contributed by atoms with E-state index < -0.39 is 8.32 Å². The second-order valence-corrected chi connectivity index (χ2v) is 16.4. The second kappa shape index (κ2) is 11.1. The van der Waals surface area contributed by atoms with Crippen LogP contribution in [-0.2, 0) is 9.16 Å². The molecule has 1 fully saturated rings. The molecule has 0 aliphatic heterocycles. The van der Waals surface area contributed by atoms with Gasteiger partial charge in [-0.15, -0.1) is 0 Å². The smallest absolute Gasteiger partial charge is 0.200 e. The Bertz CT molecular complexity index is 515. The van der Waals surface area contributed by atoms with Crippen molar-refractivity contribution < 1.29 is 14.3 Å². The summed E-state index contributed by atoms with van der Waals surface area (Å²) < 4.78 is 14.2. The fraction of sp³-hybridized carbons (Fsp3) is 0.923. The van der Waals surface area contributed by atoms with E-state index in [1.807, 2.05) is 6.92 Å². The summed E-state index contributed by atoms with van der Waals surface area (Å²) in [6, 6.07) is 0. The fourth-order valence-corrected chi connectivity index (χ4v) is 12.2. The molecule has 5 atom stereocenters. The van der Waals surface area contributed by atoms with E-state index in [0.717, 1.165) is 19.3 Å². The van der Waals surface area contributed by atoms with Gasteiger partial charge in [-0.05, 0) is 63.1 Å². The Morgan fingerprint density at radius 2 is 1.47 bits per heavy atom. The summed E-state index contributed by atoms with van der Waals surface area (Å²) in [5.41, 5.74) is 2.89.